The molecular weight excluding hydrogens is 372 g/mol. The summed E-state index contributed by atoms with van der Waals surface area (Å²) in [5, 5.41) is 10.4. The Kier molecular flexibility index (Phi) is 6.78. The van der Waals surface area contributed by atoms with E-state index in [9.17, 15) is 18.3 Å². The van der Waals surface area contributed by atoms with Crippen molar-refractivity contribution in [3.05, 3.63) is 54.1 Å². The van der Waals surface area contributed by atoms with Crippen molar-refractivity contribution in [3.63, 3.8) is 0 Å². The summed E-state index contributed by atoms with van der Waals surface area (Å²) < 4.78 is 36.6. The van der Waals surface area contributed by atoms with Crippen LogP contribution in [0.4, 0.5) is 5.69 Å². The predicted molar refractivity (Wildman–Crippen MR) is 99.2 cm³/mol. The Bertz CT molecular complexity index is 883. The maximum absolute atomic E-state index is 13.1. The monoisotopic (exact) mass is 394 g/mol. The number of sulfonamides is 1. The van der Waals surface area contributed by atoms with E-state index in [1.54, 1.807) is 24.3 Å². The minimum Gasteiger partial charge on any atom is -0.497 e. The first kappa shape index (κ1) is 20.7. The molecule has 0 bridgehead atoms. The van der Waals surface area contributed by atoms with Gasteiger partial charge in [0.1, 0.15) is 12.0 Å². The fourth-order valence-electron chi connectivity index (χ4n) is 2.41. The molecular formula is C18H22N2O6S. The number of esters is 1. The molecule has 8 nitrogen and oxygen atoms in total. The van der Waals surface area contributed by atoms with E-state index in [-0.39, 0.29) is 11.4 Å². The summed E-state index contributed by atoms with van der Waals surface area (Å²) in [6, 6.07) is 12.4. The van der Waals surface area contributed by atoms with Crippen LogP contribution in [0.15, 0.2) is 53.4 Å². The number of hydrogen-bond donors (Lipinski definition) is 2. The maximum Gasteiger partial charge on any atom is 0.309 e. The number of nitrogens with zero attached hydrogens (tertiary/aromatic N) is 1. The Morgan fingerprint density at radius 3 is 2.33 bits per heavy atom. The molecule has 3 N–H and O–H groups in total. The van der Waals surface area contributed by atoms with Crippen LogP contribution >= 0.6 is 0 Å². The molecule has 27 heavy (non-hydrogen) atoms. The van der Waals surface area contributed by atoms with Crippen molar-refractivity contribution in [1.29, 1.82) is 0 Å². The molecule has 0 saturated carbocycles. The van der Waals surface area contributed by atoms with Crippen molar-refractivity contribution in [2.75, 3.05) is 20.0 Å². The molecule has 2 aromatic rings. The quantitative estimate of drug-likeness (QED) is 0.394. The number of methoxy groups -OCH3 is 2. The number of aliphatic hydroxyl groups excluding tert-OH is 1. The van der Waals surface area contributed by atoms with Crippen molar-refractivity contribution >= 4 is 21.7 Å². The van der Waals surface area contributed by atoms with E-state index in [4.69, 9.17) is 10.5 Å². The van der Waals surface area contributed by atoms with Crippen molar-refractivity contribution in [2.24, 2.45) is 0 Å². The zero-order chi connectivity index (χ0) is 20.0. The van der Waals surface area contributed by atoms with Gasteiger partial charge in [-0.15, -0.1) is 0 Å². The zero-order valence-electron chi connectivity index (χ0n) is 15.0. The molecule has 0 heterocycles. The highest BCUT2D eigenvalue weighted by molar-refractivity contribution is 7.89. The lowest BCUT2D eigenvalue weighted by molar-refractivity contribution is -0.144. The Hall–Kier alpha value is -2.62. The second-order valence-electron chi connectivity index (χ2n) is 5.69. The van der Waals surface area contributed by atoms with Gasteiger partial charge in [-0.3, -0.25) is 4.79 Å². The first-order valence-corrected chi connectivity index (χ1v) is 9.47. The average Bonchev–Trinajstić information content (AvgIpc) is 2.66. The number of ether oxygens (including phenoxy) is 2. The summed E-state index contributed by atoms with van der Waals surface area (Å²) >= 11 is 0. The molecule has 0 aliphatic carbocycles. The molecule has 0 aliphatic rings. The molecule has 0 amide bonds. The third-order valence-electron chi connectivity index (χ3n) is 3.96. The number of carbonyl (C=O) groups is 1. The molecule has 146 valence electrons. The molecule has 9 heteroatoms. The van der Waals surface area contributed by atoms with Crippen LogP contribution in [-0.2, 0) is 26.1 Å². The molecule has 0 aromatic heterocycles. The maximum atomic E-state index is 13.1. The second kappa shape index (κ2) is 8.85. The summed E-state index contributed by atoms with van der Waals surface area (Å²) in [6.07, 6.45) is -2.14. The van der Waals surface area contributed by atoms with Gasteiger partial charge in [0.25, 0.3) is 0 Å². The van der Waals surface area contributed by atoms with Gasteiger partial charge in [0.15, 0.2) is 0 Å². The summed E-state index contributed by atoms with van der Waals surface area (Å²) in [7, 11) is -1.50. The van der Waals surface area contributed by atoms with Gasteiger partial charge in [0, 0.05) is 12.2 Å². The number of aliphatic hydroxyl groups is 1. The molecule has 0 aliphatic heterocycles. The summed E-state index contributed by atoms with van der Waals surface area (Å²) in [6.45, 7) is -0.209. The Labute approximate surface area is 158 Å². The van der Waals surface area contributed by atoms with Crippen LogP contribution in [0.3, 0.4) is 0 Å². The number of hydrogen-bond acceptors (Lipinski definition) is 7. The van der Waals surface area contributed by atoms with Gasteiger partial charge < -0.3 is 20.3 Å². The van der Waals surface area contributed by atoms with Crippen LogP contribution < -0.4 is 10.5 Å². The highest BCUT2D eigenvalue weighted by Gasteiger charge is 2.32. The number of para-hydroxylation sites is 1. The smallest absolute Gasteiger partial charge is 0.309 e. The van der Waals surface area contributed by atoms with Gasteiger partial charge in [-0.1, -0.05) is 18.2 Å². The summed E-state index contributed by atoms with van der Waals surface area (Å²) in [5.74, 6) is -0.249. The fraction of sp³-hybridized carbons (Fsp3) is 0.278. The number of nitrogens with two attached hydrogens (primary N) is 1. The lowest BCUT2D eigenvalue weighted by atomic mass is 10.2. The lowest BCUT2D eigenvalue weighted by Crippen LogP contribution is -2.41. The van der Waals surface area contributed by atoms with Gasteiger partial charge >= 0.3 is 5.97 Å². The molecule has 2 rings (SSSR count). The Morgan fingerprint density at radius 2 is 1.78 bits per heavy atom. The lowest BCUT2D eigenvalue weighted by Gasteiger charge is -2.27. The van der Waals surface area contributed by atoms with Gasteiger partial charge in [-0.25, -0.2) is 8.42 Å². The third-order valence-corrected chi connectivity index (χ3v) is 5.81. The second-order valence-corrected chi connectivity index (χ2v) is 7.58. The molecule has 1 atom stereocenters. The van der Waals surface area contributed by atoms with Crippen molar-refractivity contribution in [3.8, 4) is 5.75 Å². The van der Waals surface area contributed by atoms with Gasteiger partial charge in [0.2, 0.25) is 10.0 Å². The Morgan fingerprint density at radius 1 is 1.15 bits per heavy atom. The normalized spacial score (nSPS) is 12.6. The first-order valence-electron chi connectivity index (χ1n) is 8.03. The van der Waals surface area contributed by atoms with E-state index in [1.807, 2.05) is 0 Å². The minimum absolute atomic E-state index is 0.0540. The third kappa shape index (κ3) is 4.97. The molecule has 0 saturated heterocycles. The molecule has 1 unspecified atom stereocenters. The van der Waals surface area contributed by atoms with Gasteiger partial charge in [-0.2, -0.15) is 4.31 Å². The molecule has 0 spiro atoms. The number of rotatable bonds is 8. The van der Waals surface area contributed by atoms with Crippen LogP contribution in [-0.4, -0.2) is 44.2 Å². The fourth-order valence-corrected chi connectivity index (χ4v) is 3.87. The number of nitrogen functional groups attached to an aromatic ring is 1. The van der Waals surface area contributed by atoms with Crippen LogP contribution in [0.2, 0.25) is 0 Å². The first-order chi connectivity index (χ1) is 12.8. The van der Waals surface area contributed by atoms with E-state index in [0.717, 1.165) is 11.4 Å². The minimum atomic E-state index is -4.13. The van der Waals surface area contributed by atoms with E-state index < -0.39 is 28.6 Å². The highest BCUT2D eigenvalue weighted by Crippen LogP contribution is 2.25. The van der Waals surface area contributed by atoms with Crippen molar-refractivity contribution in [1.82, 2.24) is 4.31 Å². The SMILES string of the molecule is COC(=O)CC(O)N(Cc1ccccc1N)S(=O)(=O)c1ccc(OC)cc1. The van der Waals surface area contributed by atoms with Crippen LogP contribution in [0, 0.1) is 0 Å². The van der Waals surface area contributed by atoms with Crippen molar-refractivity contribution < 1.29 is 27.8 Å². The van der Waals surface area contributed by atoms with Crippen LogP contribution in [0.1, 0.15) is 12.0 Å². The topological polar surface area (TPSA) is 119 Å². The standard InChI is InChI=1S/C18H22N2O6S/c1-25-14-7-9-15(10-8-14)27(23,24)20(17(21)11-18(22)26-2)12-13-5-3-4-6-16(13)19/h3-10,17,21H,11-12,19H2,1-2H3. The van der Waals surface area contributed by atoms with Crippen molar-refractivity contribution in [2.45, 2.75) is 24.1 Å². The van der Waals surface area contributed by atoms with Crippen LogP contribution in [0.5, 0.6) is 5.75 Å². The summed E-state index contributed by atoms with van der Waals surface area (Å²) in [5.41, 5.74) is 6.78. The number of carbonyl (C=O) groups excluding carboxylic acids is 1. The Balaban J connectivity index is 2.42. The van der Waals surface area contributed by atoms with E-state index in [0.29, 0.717) is 17.0 Å². The number of anilines is 1. The van der Waals surface area contributed by atoms with Crippen LogP contribution in [0.25, 0.3) is 0 Å². The van der Waals surface area contributed by atoms with E-state index >= 15 is 0 Å². The van der Waals surface area contributed by atoms with Gasteiger partial charge in [-0.05, 0) is 35.9 Å². The van der Waals surface area contributed by atoms with E-state index in [1.165, 1.54) is 31.4 Å². The summed E-state index contributed by atoms with van der Waals surface area (Å²) in [4.78, 5) is 11.5. The number of benzene rings is 2. The largest absolute Gasteiger partial charge is 0.497 e. The molecule has 0 fully saturated rings. The molecule has 2 aromatic carbocycles. The zero-order valence-corrected chi connectivity index (χ0v) is 15.8. The predicted octanol–water partition coefficient (Wildman–Crippen LogP) is 1.35. The van der Waals surface area contributed by atoms with E-state index in [2.05, 4.69) is 4.74 Å². The highest BCUT2D eigenvalue weighted by atomic mass is 32.2. The van der Waals surface area contributed by atoms with Gasteiger partial charge in [0.05, 0.1) is 25.5 Å². The average molecular weight is 394 g/mol. The molecule has 0 radical (unpaired) electrons.